The van der Waals surface area contributed by atoms with Gasteiger partial charge in [-0.2, -0.15) is 0 Å². The molecule has 1 aliphatic rings. The van der Waals surface area contributed by atoms with Crippen LogP contribution in [0.5, 0.6) is 0 Å². The minimum Gasteiger partial charge on any atom is -0.340 e. The van der Waals surface area contributed by atoms with Crippen LogP contribution >= 0.6 is 0 Å². The lowest BCUT2D eigenvalue weighted by Crippen LogP contribution is -2.52. The summed E-state index contributed by atoms with van der Waals surface area (Å²) in [6.07, 6.45) is 1.52. The average molecular weight is 260 g/mol. The highest BCUT2D eigenvalue weighted by Gasteiger charge is 2.27. The van der Waals surface area contributed by atoms with E-state index in [4.69, 9.17) is 0 Å². The fourth-order valence-electron chi connectivity index (χ4n) is 1.96. The Kier molecular flexibility index (Phi) is 3.94. The first-order valence-corrected chi connectivity index (χ1v) is 6.33. The zero-order valence-corrected chi connectivity index (χ0v) is 10.7. The van der Waals surface area contributed by atoms with Gasteiger partial charge in [-0.3, -0.25) is 19.7 Å². The maximum absolute atomic E-state index is 12.0. The van der Waals surface area contributed by atoms with Crippen molar-refractivity contribution >= 4 is 17.7 Å². The van der Waals surface area contributed by atoms with E-state index in [1.807, 2.05) is 19.1 Å². The van der Waals surface area contributed by atoms with E-state index < -0.39 is 11.9 Å². The largest absolute Gasteiger partial charge is 0.340 e. The fourth-order valence-corrected chi connectivity index (χ4v) is 1.96. The molecule has 5 nitrogen and oxygen atoms in total. The van der Waals surface area contributed by atoms with Crippen molar-refractivity contribution in [3.8, 4) is 0 Å². The minimum atomic E-state index is -0.629. The van der Waals surface area contributed by atoms with Crippen LogP contribution in [0.3, 0.4) is 0 Å². The van der Waals surface area contributed by atoms with Crippen molar-refractivity contribution in [1.29, 1.82) is 0 Å². The van der Waals surface area contributed by atoms with E-state index in [9.17, 15) is 14.4 Å². The van der Waals surface area contributed by atoms with Gasteiger partial charge in [0.05, 0.1) is 0 Å². The van der Waals surface area contributed by atoms with Gasteiger partial charge in [-0.05, 0) is 30.5 Å². The van der Waals surface area contributed by atoms with Crippen molar-refractivity contribution in [2.24, 2.45) is 0 Å². The molecule has 2 N–H and O–H groups in total. The molecule has 0 aromatic heterocycles. The zero-order chi connectivity index (χ0) is 13.8. The van der Waals surface area contributed by atoms with E-state index in [0.717, 1.165) is 12.0 Å². The van der Waals surface area contributed by atoms with Crippen LogP contribution in [0.15, 0.2) is 24.3 Å². The van der Waals surface area contributed by atoms with Gasteiger partial charge in [0.15, 0.2) is 0 Å². The van der Waals surface area contributed by atoms with Crippen molar-refractivity contribution in [2.75, 3.05) is 0 Å². The van der Waals surface area contributed by atoms with Crippen molar-refractivity contribution in [3.63, 3.8) is 0 Å². The monoisotopic (exact) mass is 260 g/mol. The first-order valence-electron chi connectivity index (χ1n) is 6.33. The molecular formula is C14H16N2O3. The average Bonchev–Trinajstić information content (AvgIpc) is 2.42. The number of aryl methyl sites for hydroxylation is 1. The first kappa shape index (κ1) is 13.3. The topological polar surface area (TPSA) is 75.3 Å². The predicted octanol–water partition coefficient (Wildman–Crippen LogP) is 0.784. The second-order valence-corrected chi connectivity index (χ2v) is 4.53. The lowest BCUT2D eigenvalue weighted by atomic mass is 10.0. The Balaban J connectivity index is 2.00. The molecule has 1 atom stereocenters. The highest BCUT2D eigenvalue weighted by Crippen LogP contribution is 2.08. The molecule has 0 spiro atoms. The van der Waals surface area contributed by atoms with Gasteiger partial charge in [0.25, 0.3) is 5.91 Å². The normalized spacial score (nSPS) is 18.9. The van der Waals surface area contributed by atoms with E-state index >= 15 is 0 Å². The Morgan fingerprint density at radius 3 is 2.58 bits per heavy atom. The summed E-state index contributed by atoms with van der Waals surface area (Å²) in [5.41, 5.74) is 1.67. The number of amides is 3. The SMILES string of the molecule is CCc1ccc(C(=O)NC2CCC(=O)NC2=O)cc1. The molecule has 2 rings (SSSR count). The van der Waals surface area contributed by atoms with Crippen LogP contribution < -0.4 is 10.6 Å². The number of hydrogen-bond donors (Lipinski definition) is 2. The number of nitrogens with one attached hydrogen (secondary N) is 2. The van der Waals surface area contributed by atoms with Crippen molar-refractivity contribution in [1.82, 2.24) is 10.6 Å². The number of piperidine rings is 1. The molecule has 5 heteroatoms. The van der Waals surface area contributed by atoms with Crippen LogP contribution in [0.2, 0.25) is 0 Å². The predicted molar refractivity (Wildman–Crippen MR) is 69.5 cm³/mol. The zero-order valence-electron chi connectivity index (χ0n) is 10.7. The van der Waals surface area contributed by atoms with Gasteiger partial charge in [0.2, 0.25) is 11.8 Å². The van der Waals surface area contributed by atoms with Crippen LogP contribution in [-0.2, 0) is 16.0 Å². The number of carbonyl (C=O) groups excluding carboxylic acids is 3. The number of rotatable bonds is 3. The highest BCUT2D eigenvalue weighted by atomic mass is 16.2. The lowest BCUT2D eigenvalue weighted by molar-refractivity contribution is -0.134. The third kappa shape index (κ3) is 3.19. The molecule has 1 fully saturated rings. The van der Waals surface area contributed by atoms with E-state index in [-0.39, 0.29) is 18.2 Å². The molecule has 1 heterocycles. The number of imide groups is 1. The Labute approximate surface area is 111 Å². The molecular weight excluding hydrogens is 244 g/mol. The quantitative estimate of drug-likeness (QED) is 0.789. The first-order chi connectivity index (χ1) is 9.10. The van der Waals surface area contributed by atoms with Crippen LogP contribution in [0, 0.1) is 0 Å². The molecule has 0 radical (unpaired) electrons. The minimum absolute atomic E-state index is 0.255. The summed E-state index contributed by atoms with van der Waals surface area (Å²) >= 11 is 0. The van der Waals surface area contributed by atoms with Gasteiger partial charge < -0.3 is 5.32 Å². The van der Waals surface area contributed by atoms with Crippen LogP contribution in [0.4, 0.5) is 0 Å². The summed E-state index contributed by atoms with van der Waals surface area (Å²) < 4.78 is 0. The molecule has 3 amide bonds. The number of carbonyl (C=O) groups is 3. The Morgan fingerprint density at radius 2 is 2.00 bits per heavy atom. The third-order valence-electron chi connectivity index (χ3n) is 3.17. The van der Waals surface area contributed by atoms with Gasteiger partial charge in [0, 0.05) is 12.0 Å². The highest BCUT2D eigenvalue weighted by molar-refractivity contribution is 6.03. The third-order valence-corrected chi connectivity index (χ3v) is 3.17. The van der Waals surface area contributed by atoms with Crippen LogP contribution in [0.25, 0.3) is 0 Å². The molecule has 100 valence electrons. The summed E-state index contributed by atoms with van der Waals surface area (Å²) in [5.74, 6) is -1.02. The Hall–Kier alpha value is -2.17. The maximum Gasteiger partial charge on any atom is 0.251 e. The van der Waals surface area contributed by atoms with Crippen LogP contribution in [-0.4, -0.2) is 23.8 Å². The van der Waals surface area contributed by atoms with Gasteiger partial charge in [0.1, 0.15) is 6.04 Å². The van der Waals surface area contributed by atoms with E-state index in [0.29, 0.717) is 12.0 Å². The van der Waals surface area contributed by atoms with Gasteiger partial charge >= 0.3 is 0 Å². The second-order valence-electron chi connectivity index (χ2n) is 4.53. The fraction of sp³-hybridized carbons (Fsp3) is 0.357. The molecule has 0 aliphatic carbocycles. The smallest absolute Gasteiger partial charge is 0.251 e. The molecule has 1 aromatic carbocycles. The Bertz CT molecular complexity index is 508. The summed E-state index contributed by atoms with van der Waals surface area (Å²) in [7, 11) is 0. The molecule has 0 saturated carbocycles. The molecule has 1 saturated heterocycles. The van der Waals surface area contributed by atoms with Gasteiger partial charge in [-0.25, -0.2) is 0 Å². The molecule has 0 bridgehead atoms. The van der Waals surface area contributed by atoms with E-state index in [1.54, 1.807) is 12.1 Å². The molecule has 1 aromatic rings. The van der Waals surface area contributed by atoms with Crippen molar-refractivity contribution < 1.29 is 14.4 Å². The Morgan fingerprint density at radius 1 is 1.32 bits per heavy atom. The summed E-state index contributed by atoms with van der Waals surface area (Å²) in [4.78, 5) is 34.5. The van der Waals surface area contributed by atoms with Gasteiger partial charge in [-0.1, -0.05) is 19.1 Å². The van der Waals surface area contributed by atoms with Gasteiger partial charge in [-0.15, -0.1) is 0 Å². The molecule has 1 aliphatic heterocycles. The number of hydrogen-bond acceptors (Lipinski definition) is 3. The molecule has 19 heavy (non-hydrogen) atoms. The summed E-state index contributed by atoms with van der Waals surface area (Å²) in [6.45, 7) is 2.04. The standard InChI is InChI=1S/C14H16N2O3/c1-2-9-3-5-10(6-4-9)13(18)15-11-7-8-12(17)16-14(11)19/h3-6,11H,2,7-8H2,1H3,(H,15,18)(H,16,17,19). The van der Waals surface area contributed by atoms with Crippen molar-refractivity contribution in [2.45, 2.75) is 32.2 Å². The van der Waals surface area contributed by atoms with Crippen LogP contribution in [0.1, 0.15) is 35.7 Å². The lowest BCUT2D eigenvalue weighted by Gasteiger charge is -2.21. The second kappa shape index (κ2) is 5.65. The summed E-state index contributed by atoms with van der Waals surface area (Å²) in [5, 5.41) is 4.85. The van der Waals surface area contributed by atoms with Crippen molar-refractivity contribution in [3.05, 3.63) is 35.4 Å². The maximum atomic E-state index is 12.0. The van der Waals surface area contributed by atoms with E-state index in [1.165, 1.54) is 0 Å². The number of benzene rings is 1. The summed E-state index contributed by atoms with van der Waals surface area (Å²) in [6, 6.07) is 6.62. The van der Waals surface area contributed by atoms with E-state index in [2.05, 4.69) is 10.6 Å². The molecule has 1 unspecified atom stereocenters.